The first-order chi connectivity index (χ1) is 9.84. The molecule has 0 spiro atoms. The fourth-order valence-corrected chi connectivity index (χ4v) is 3.17. The van der Waals surface area contributed by atoms with E-state index in [0.29, 0.717) is 5.69 Å². The molecule has 6 heteroatoms. The molecule has 0 heterocycles. The van der Waals surface area contributed by atoms with E-state index in [2.05, 4.69) is 17.6 Å². The zero-order chi connectivity index (χ0) is 15.5. The van der Waals surface area contributed by atoms with Crippen LogP contribution < -0.4 is 10.6 Å². The maximum absolute atomic E-state index is 11.9. The van der Waals surface area contributed by atoms with Crippen molar-refractivity contribution >= 4 is 21.6 Å². The molecule has 2 amide bonds. The molecule has 1 saturated carbocycles. The third-order valence-electron chi connectivity index (χ3n) is 3.89. The van der Waals surface area contributed by atoms with Crippen molar-refractivity contribution in [1.82, 2.24) is 5.32 Å². The van der Waals surface area contributed by atoms with E-state index in [9.17, 15) is 13.2 Å². The van der Waals surface area contributed by atoms with Gasteiger partial charge in [-0.2, -0.15) is 0 Å². The minimum Gasteiger partial charge on any atom is -0.335 e. The van der Waals surface area contributed by atoms with Crippen molar-refractivity contribution in [2.75, 3.05) is 11.6 Å². The Bertz CT molecular complexity index is 588. The average Bonchev–Trinajstić information content (AvgIpc) is 2.41. The van der Waals surface area contributed by atoms with Gasteiger partial charge in [-0.1, -0.05) is 6.92 Å². The van der Waals surface area contributed by atoms with E-state index < -0.39 is 9.84 Å². The Hall–Kier alpha value is -1.56. The van der Waals surface area contributed by atoms with Crippen LogP contribution in [0.1, 0.15) is 32.6 Å². The topological polar surface area (TPSA) is 75.3 Å². The van der Waals surface area contributed by atoms with Crippen molar-refractivity contribution < 1.29 is 13.2 Å². The third kappa shape index (κ3) is 4.74. The molecule has 1 fully saturated rings. The van der Waals surface area contributed by atoms with E-state index in [4.69, 9.17) is 0 Å². The number of carbonyl (C=O) groups excluding carboxylic acids is 1. The maximum Gasteiger partial charge on any atom is 0.319 e. The Kier molecular flexibility index (Phi) is 4.88. The lowest BCUT2D eigenvalue weighted by Gasteiger charge is -2.26. The summed E-state index contributed by atoms with van der Waals surface area (Å²) in [4.78, 5) is 12.1. The van der Waals surface area contributed by atoms with Gasteiger partial charge in [-0.25, -0.2) is 13.2 Å². The fraction of sp³-hybridized carbons (Fsp3) is 0.533. The summed E-state index contributed by atoms with van der Waals surface area (Å²) in [6.07, 6.45) is 5.48. The Morgan fingerprint density at radius 1 is 1.10 bits per heavy atom. The van der Waals surface area contributed by atoms with Crippen molar-refractivity contribution in [3.8, 4) is 0 Å². The highest BCUT2D eigenvalue weighted by molar-refractivity contribution is 7.90. The number of benzene rings is 1. The van der Waals surface area contributed by atoms with Crippen molar-refractivity contribution in [3.05, 3.63) is 24.3 Å². The summed E-state index contributed by atoms with van der Waals surface area (Å²) in [6.45, 7) is 2.24. The zero-order valence-electron chi connectivity index (χ0n) is 12.4. The van der Waals surface area contributed by atoms with Gasteiger partial charge in [0, 0.05) is 18.0 Å². The molecule has 0 bridgehead atoms. The molecule has 1 aromatic rings. The summed E-state index contributed by atoms with van der Waals surface area (Å²) in [7, 11) is -3.20. The van der Waals surface area contributed by atoms with Crippen LogP contribution in [0.3, 0.4) is 0 Å². The van der Waals surface area contributed by atoms with Gasteiger partial charge in [0.15, 0.2) is 9.84 Å². The number of nitrogens with one attached hydrogen (secondary N) is 2. The second-order valence-corrected chi connectivity index (χ2v) is 7.87. The molecule has 0 aromatic heterocycles. The molecule has 1 aromatic carbocycles. The summed E-state index contributed by atoms with van der Waals surface area (Å²) in [5.74, 6) is 0.745. The molecule has 0 aliphatic heterocycles. The van der Waals surface area contributed by atoms with Gasteiger partial charge in [0.05, 0.1) is 4.90 Å². The standard InChI is InChI=1S/C15H22N2O3S/c1-11-3-5-12(6-4-11)16-15(18)17-13-7-9-14(10-8-13)21(2,19)20/h7-12H,3-6H2,1-2H3,(H2,16,17,18). The molecule has 1 aliphatic carbocycles. The van der Waals surface area contributed by atoms with Crippen molar-refractivity contribution in [2.24, 2.45) is 5.92 Å². The first-order valence-corrected chi connectivity index (χ1v) is 9.11. The molecule has 0 atom stereocenters. The molecule has 2 N–H and O–H groups in total. The van der Waals surface area contributed by atoms with E-state index in [1.54, 1.807) is 12.1 Å². The van der Waals surface area contributed by atoms with Gasteiger partial charge in [0.2, 0.25) is 0 Å². The van der Waals surface area contributed by atoms with Crippen LogP contribution in [-0.4, -0.2) is 26.7 Å². The maximum atomic E-state index is 11.9. The number of sulfone groups is 1. The van der Waals surface area contributed by atoms with Crippen LogP contribution in [0.4, 0.5) is 10.5 Å². The Balaban J connectivity index is 1.88. The van der Waals surface area contributed by atoms with Crippen LogP contribution in [-0.2, 0) is 9.84 Å². The van der Waals surface area contributed by atoms with Gasteiger partial charge in [0.25, 0.3) is 0 Å². The van der Waals surface area contributed by atoms with Crippen LogP contribution in [0.25, 0.3) is 0 Å². The lowest BCUT2D eigenvalue weighted by atomic mass is 9.87. The quantitative estimate of drug-likeness (QED) is 0.901. The fourth-order valence-electron chi connectivity index (χ4n) is 2.54. The summed E-state index contributed by atoms with van der Waals surface area (Å²) in [5, 5.41) is 5.70. The van der Waals surface area contributed by atoms with Crippen LogP contribution >= 0.6 is 0 Å². The second-order valence-electron chi connectivity index (χ2n) is 5.85. The Labute approximate surface area is 126 Å². The van der Waals surface area contributed by atoms with E-state index in [0.717, 1.165) is 37.9 Å². The van der Waals surface area contributed by atoms with Crippen LogP contribution in [0.5, 0.6) is 0 Å². The summed E-state index contributed by atoms with van der Waals surface area (Å²) >= 11 is 0. The van der Waals surface area contributed by atoms with E-state index in [1.165, 1.54) is 12.1 Å². The number of anilines is 1. The molecule has 21 heavy (non-hydrogen) atoms. The smallest absolute Gasteiger partial charge is 0.319 e. The summed E-state index contributed by atoms with van der Waals surface area (Å²) in [5.41, 5.74) is 0.587. The first-order valence-electron chi connectivity index (χ1n) is 7.22. The minimum atomic E-state index is -3.20. The molecule has 1 aliphatic rings. The molecule has 5 nitrogen and oxygen atoms in total. The third-order valence-corrected chi connectivity index (χ3v) is 5.02. The van der Waals surface area contributed by atoms with Gasteiger partial charge in [-0.3, -0.25) is 0 Å². The van der Waals surface area contributed by atoms with E-state index in [-0.39, 0.29) is 17.0 Å². The van der Waals surface area contributed by atoms with Crippen LogP contribution in [0.2, 0.25) is 0 Å². The number of rotatable bonds is 3. The summed E-state index contributed by atoms with van der Waals surface area (Å²) < 4.78 is 22.7. The SMILES string of the molecule is CC1CCC(NC(=O)Nc2ccc(S(C)(=O)=O)cc2)CC1. The normalized spacial score (nSPS) is 22.6. The lowest BCUT2D eigenvalue weighted by molar-refractivity contribution is 0.239. The van der Waals surface area contributed by atoms with Crippen molar-refractivity contribution in [1.29, 1.82) is 0 Å². The second kappa shape index (κ2) is 6.47. The van der Waals surface area contributed by atoms with Gasteiger partial charge < -0.3 is 10.6 Å². The molecule has 0 unspecified atom stereocenters. The number of amides is 2. The highest BCUT2D eigenvalue weighted by Crippen LogP contribution is 2.23. The molecule has 0 radical (unpaired) electrons. The van der Waals surface area contributed by atoms with E-state index >= 15 is 0 Å². The van der Waals surface area contributed by atoms with Crippen molar-refractivity contribution in [3.63, 3.8) is 0 Å². The Morgan fingerprint density at radius 2 is 1.67 bits per heavy atom. The average molecular weight is 310 g/mol. The predicted molar refractivity (Wildman–Crippen MR) is 83.1 cm³/mol. The number of hydrogen-bond acceptors (Lipinski definition) is 3. The lowest BCUT2D eigenvalue weighted by Crippen LogP contribution is -2.39. The first kappa shape index (κ1) is 15.8. The highest BCUT2D eigenvalue weighted by atomic mass is 32.2. The number of carbonyl (C=O) groups is 1. The number of hydrogen-bond donors (Lipinski definition) is 2. The molecule has 116 valence electrons. The Morgan fingerprint density at radius 3 is 2.19 bits per heavy atom. The highest BCUT2D eigenvalue weighted by Gasteiger charge is 2.19. The van der Waals surface area contributed by atoms with E-state index in [1.807, 2.05) is 0 Å². The molecule has 2 rings (SSSR count). The summed E-state index contributed by atoms with van der Waals surface area (Å²) in [6, 6.07) is 6.18. The van der Waals surface area contributed by atoms with Gasteiger partial charge in [0.1, 0.15) is 0 Å². The van der Waals surface area contributed by atoms with Gasteiger partial charge in [-0.05, 0) is 55.9 Å². The predicted octanol–water partition coefficient (Wildman–Crippen LogP) is 2.79. The zero-order valence-corrected chi connectivity index (χ0v) is 13.2. The molecular weight excluding hydrogens is 288 g/mol. The van der Waals surface area contributed by atoms with Crippen LogP contribution in [0, 0.1) is 5.92 Å². The van der Waals surface area contributed by atoms with Gasteiger partial charge in [-0.15, -0.1) is 0 Å². The molecule has 0 saturated heterocycles. The van der Waals surface area contributed by atoms with Gasteiger partial charge >= 0.3 is 6.03 Å². The largest absolute Gasteiger partial charge is 0.335 e. The monoisotopic (exact) mass is 310 g/mol. The van der Waals surface area contributed by atoms with Crippen molar-refractivity contribution in [2.45, 2.75) is 43.5 Å². The minimum absolute atomic E-state index is 0.233. The number of urea groups is 1. The van der Waals surface area contributed by atoms with Crippen LogP contribution in [0.15, 0.2) is 29.2 Å². The molecular formula is C15H22N2O3S.